The molecule has 0 aliphatic carbocycles. The lowest BCUT2D eigenvalue weighted by atomic mass is 9.93. The lowest BCUT2D eigenvalue weighted by molar-refractivity contribution is -0.140. The number of amides is 1. The molecule has 0 aromatic heterocycles. The molecule has 1 aromatic carbocycles. The molecule has 0 saturated heterocycles. The second-order valence-electron chi connectivity index (χ2n) is 6.38. The molecule has 5 nitrogen and oxygen atoms in total. The molecule has 0 bridgehead atoms. The van der Waals surface area contributed by atoms with Crippen LogP contribution in [0.1, 0.15) is 53.0 Å². The van der Waals surface area contributed by atoms with E-state index in [-0.39, 0.29) is 5.91 Å². The Morgan fingerprint density at radius 3 is 2.62 bits per heavy atom. The third kappa shape index (κ3) is 5.54. The van der Waals surface area contributed by atoms with Gasteiger partial charge in [0.25, 0.3) is 5.91 Å². The van der Waals surface area contributed by atoms with Crippen molar-refractivity contribution in [2.45, 2.75) is 53.1 Å². The van der Waals surface area contributed by atoms with Gasteiger partial charge in [0.05, 0.1) is 17.9 Å². The SMILES string of the molecule is CCCOc1ccc(NC(=O)[C@](C)(CC(C)C)OCC)c(C#N)c1. The number of hydrogen-bond donors (Lipinski definition) is 1. The zero-order chi connectivity index (χ0) is 18.2. The van der Waals surface area contributed by atoms with E-state index >= 15 is 0 Å². The van der Waals surface area contributed by atoms with Crippen LogP contribution in [0.4, 0.5) is 5.69 Å². The maximum Gasteiger partial charge on any atom is 0.256 e. The predicted molar refractivity (Wildman–Crippen MR) is 95.1 cm³/mol. The van der Waals surface area contributed by atoms with Crippen LogP contribution in [0.15, 0.2) is 18.2 Å². The second-order valence-corrected chi connectivity index (χ2v) is 6.38. The van der Waals surface area contributed by atoms with E-state index in [2.05, 4.69) is 11.4 Å². The summed E-state index contributed by atoms with van der Waals surface area (Å²) in [7, 11) is 0. The number of carbonyl (C=O) groups excluding carboxylic acids is 1. The monoisotopic (exact) mass is 332 g/mol. The smallest absolute Gasteiger partial charge is 0.256 e. The maximum atomic E-state index is 12.7. The van der Waals surface area contributed by atoms with Crippen LogP contribution < -0.4 is 10.1 Å². The molecule has 1 rings (SSSR count). The van der Waals surface area contributed by atoms with Crippen molar-refractivity contribution in [3.05, 3.63) is 23.8 Å². The van der Waals surface area contributed by atoms with E-state index in [1.807, 2.05) is 27.7 Å². The highest BCUT2D eigenvalue weighted by atomic mass is 16.5. The van der Waals surface area contributed by atoms with E-state index in [0.29, 0.717) is 42.6 Å². The van der Waals surface area contributed by atoms with Gasteiger partial charge in [0, 0.05) is 6.61 Å². The van der Waals surface area contributed by atoms with Crippen LogP contribution >= 0.6 is 0 Å². The number of benzene rings is 1. The third-order valence-electron chi connectivity index (χ3n) is 3.57. The molecule has 1 aromatic rings. The normalized spacial score (nSPS) is 13.2. The van der Waals surface area contributed by atoms with Gasteiger partial charge in [-0.15, -0.1) is 0 Å². The summed E-state index contributed by atoms with van der Waals surface area (Å²) in [6, 6.07) is 7.21. The molecule has 0 spiro atoms. The highest BCUT2D eigenvalue weighted by molar-refractivity contribution is 5.98. The molecule has 5 heteroatoms. The summed E-state index contributed by atoms with van der Waals surface area (Å²) in [4.78, 5) is 12.7. The molecular weight excluding hydrogens is 304 g/mol. The summed E-state index contributed by atoms with van der Waals surface area (Å²) in [5.41, 5.74) is -0.0751. The summed E-state index contributed by atoms with van der Waals surface area (Å²) in [5.74, 6) is 0.700. The second kappa shape index (κ2) is 9.29. The number of hydrogen-bond acceptors (Lipinski definition) is 4. The number of nitrogens with zero attached hydrogens (tertiary/aromatic N) is 1. The highest BCUT2D eigenvalue weighted by Crippen LogP contribution is 2.26. The minimum atomic E-state index is -0.924. The molecule has 1 atom stereocenters. The topological polar surface area (TPSA) is 71.3 Å². The van der Waals surface area contributed by atoms with E-state index in [9.17, 15) is 10.1 Å². The fourth-order valence-corrected chi connectivity index (χ4v) is 2.60. The van der Waals surface area contributed by atoms with Gasteiger partial charge in [0.15, 0.2) is 0 Å². The fraction of sp³-hybridized carbons (Fsp3) is 0.579. The number of anilines is 1. The van der Waals surface area contributed by atoms with Crippen molar-refractivity contribution >= 4 is 11.6 Å². The maximum absolute atomic E-state index is 12.7. The standard InChI is InChI=1S/C19H28N2O3/c1-6-10-23-16-8-9-17(15(11-16)13-20)21-18(22)19(5,24-7-2)12-14(3)4/h8-9,11,14H,6-7,10,12H2,1-5H3,(H,21,22)/t19-/m0/s1. The zero-order valence-electron chi connectivity index (χ0n) is 15.3. The molecule has 1 N–H and O–H groups in total. The lowest BCUT2D eigenvalue weighted by Crippen LogP contribution is -2.44. The van der Waals surface area contributed by atoms with E-state index in [1.165, 1.54) is 0 Å². The lowest BCUT2D eigenvalue weighted by Gasteiger charge is -2.30. The minimum Gasteiger partial charge on any atom is -0.494 e. The van der Waals surface area contributed by atoms with Crippen molar-refractivity contribution in [2.75, 3.05) is 18.5 Å². The van der Waals surface area contributed by atoms with Crippen molar-refractivity contribution in [1.82, 2.24) is 0 Å². The van der Waals surface area contributed by atoms with Crippen molar-refractivity contribution < 1.29 is 14.3 Å². The predicted octanol–water partition coefficient (Wildman–Crippen LogP) is 4.13. The van der Waals surface area contributed by atoms with Gasteiger partial charge < -0.3 is 14.8 Å². The van der Waals surface area contributed by atoms with Gasteiger partial charge in [-0.3, -0.25) is 4.79 Å². The van der Waals surface area contributed by atoms with Crippen LogP contribution in [0.3, 0.4) is 0 Å². The third-order valence-corrected chi connectivity index (χ3v) is 3.57. The number of carbonyl (C=O) groups is 1. The first-order valence-electron chi connectivity index (χ1n) is 8.48. The van der Waals surface area contributed by atoms with E-state index in [1.54, 1.807) is 25.1 Å². The molecular formula is C19H28N2O3. The summed E-state index contributed by atoms with van der Waals surface area (Å²) in [6.45, 7) is 10.8. The Bertz CT molecular complexity index is 593. The van der Waals surface area contributed by atoms with Gasteiger partial charge in [-0.05, 0) is 50.8 Å². The first-order valence-corrected chi connectivity index (χ1v) is 8.48. The van der Waals surface area contributed by atoms with Crippen LogP contribution in [0, 0.1) is 17.2 Å². The van der Waals surface area contributed by atoms with E-state index < -0.39 is 5.60 Å². The van der Waals surface area contributed by atoms with Crippen LogP contribution in [0.2, 0.25) is 0 Å². The first-order chi connectivity index (χ1) is 11.4. The largest absolute Gasteiger partial charge is 0.494 e. The van der Waals surface area contributed by atoms with Gasteiger partial charge in [-0.25, -0.2) is 0 Å². The fourth-order valence-electron chi connectivity index (χ4n) is 2.60. The summed E-state index contributed by atoms with van der Waals surface area (Å²) in [6.07, 6.45) is 1.49. The highest BCUT2D eigenvalue weighted by Gasteiger charge is 2.35. The van der Waals surface area contributed by atoms with Gasteiger partial charge >= 0.3 is 0 Å². The first kappa shape index (κ1) is 20.0. The number of nitriles is 1. The van der Waals surface area contributed by atoms with Gasteiger partial charge in [0.1, 0.15) is 17.4 Å². The van der Waals surface area contributed by atoms with Crippen molar-refractivity contribution in [1.29, 1.82) is 5.26 Å². The van der Waals surface area contributed by atoms with Crippen LogP contribution in [-0.2, 0) is 9.53 Å². The molecule has 0 radical (unpaired) electrons. The van der Waals surface area contributed by atoms with Crippen molar-refractivity contribution in [2.24, 2.45) is 5.92 Å². The Labute approximate surface area is 145 Å². The molecule has 0 saturated carbocycles. The summed E-state index contributed by atoms with van der Waals surface area (Å²) < 4.78 is 11.2. The Morgan fingerprint density at radius 2 is 2.08 bits per heavy atom. The molecule has 0 unspecified atom stereocenters. The molecule has 0 aliphatic rings. The zero-order valence-corrected chi connectivity index (χ0v) is 15.3. The Balaban J connectivity index is 2.97. The Hall–Kier alpha value is -2.06. The van der Waals surface area contributed by atoms with Crippen LogP contribution in [0.5, 0.6) is 5.75 Å². The average Bonchev–Trinajstić information content (AvgIpc) is 2.53. The quantitative estimate of drug-likeness (QED) is 0.738. The molecule has 0 heterocycles. The molecule has 0 aliphatic heterocycles. The average molecular weight is 332 g/mol. The molecule has 0 fully saturated rings. The molecule has 132 valence electrons. The molecule has 24 heavy (non-hydrogen) atoms. The van der Waals surface area contributed by atoms with E-state index in [4.69, 9.17) is 9.47 Å². The van der Waals surface area contributed by atoms with Gasteiger partial charge in [-0.1, -0.05) is 20.8 Å². The van der Waals surface area contributed by atoms with Gasteiger partial charge in [-0.2, -0.15) is 5.26 Å². The summed E-state index contributed by atoms with van der Waals surface area (Å²) in [5, 5.41) is 12.2. The minimum absolute atomic E-state index is 0.239. The molecule has 1 amide bonds. The van der Waals surface area contributed by atoms with Crippen LogP contribution in [-0.4, -0.2) is 24.7 Å². The Morgan fingerprint density at radius 1 is 1.38 bits per heavy atom. The number of rotatable bonds is 9. The van der Waals surface area contributed by atoms with Crippen molar-refractivity contribution in [3.63, 3.8) is 0 Å². The number of nitrogens with one attached hydrogen (secondary N) is 1. The summed E-state index contributed by atoms with van der Waals surface area (Å²) >= 11 is 0. The van der Waals surface area contributed by atoms with E-state index in [0.717, 1.165) is 6.42 Å². The van der Waals surface area contributed by atoms with Crippen molar-refractivity contribution in [3.8, 4) is 11.8 Å². The van der Waals surface area contributed by atoms with Crippen LogP contribution in [0.25, 0.3) is 0 Å². The van der Waals surface area contributed by atoms with Gasteiger partial charge in [0.2, 0.25) is 0 Å². The number of ether oxygens (including phenoxy) is 2. The Kier molecular flexibility index (Phi) is 7.73.